The van der Waals surface area contributed by atoms with E-state index >= 15 is 0 Å². The van der Waals surface area contributed by atoms with Crippen molar-refractivity contribution in [3.8, 4) is 11.1 Å². The Labute approximate surface area is 176 Å². The van der Waals surface area contributed by atoms with Crippen LogP contribution < -0.4 is 21.3 Å². The Morgan fingerprint density at radius 1 is 1.23 bits per heavy atom. The largest absolute Gasteiger partial charge is 0.443 e. The van der Waals surface area contributed by atoms with Crippen LogP contribution in [0.3, 0.4) is 0 Å². The van der Waals surface area contributed by atoms with Crippen LogP contribution in [0.25, 0.3) is 11.1 Å². The smallest absolute Gasteiger partial charge is 0.414 e. The molecule has 30 heavy (non-hydrogen) atoms. The quantitative estimate of drug-likeness (QED) is 0.730. The predicted molar refractivity (Wildman–Crippen MR) is 117 cm³/mol. The van der Waals surface area contributed by atoms with Crippen molar-refractivity contribution in [2.75, 3.05) is 42.5 Å². The van der Waals surface area contributed by atoms with Crippen molar-refractivity contribution in [2.24, 2.45) is 17.4 Å². The first-order chi connectivity index (χ1) is 14.5. The normalized spacial score (nSPS) is 19.2. The molecule has 4 N–H and O–H groups in total. The number of carbonyl (C=O) groups is 1. The van der Waals surface area contributed by atoms with Crippen LogP contribution >= 0.6 is 0 Å². The molecule has 0 aromatic heterocycles. The van der Waals surface area contributed by atoms with Gasteiger partial charge in [-0.15, -0.1) is 0 Å². The van der Waals surface area contributed by atoms with Crippen LogP contribution in [0.2, 0.25) is 0 Å². The molecule has 7 heteroatoms. The van der Waals surface area contributed by atoms with Gasteiger partial charge < -0.3 is 21.1 Å². The van der Waals surface area contributed by atoms with Gasteiger partial charge in [-0.05, 0) is 66.8 Å². The van der Waals surface area contributed by atoms with Gasteiger partial charge in [0.1, 0.15) is 11.9 Å². The SMILES string of the molecule is CC(CN)CCN1CCc2cc(-c3ccc(N4C[C@H](CN)OC4=O)cc3F)ccc21. The number of benzene rings is 2. The molecule has 6 nitrogen and oxygen atoms in total. The van der Waals surface area contributed by atoms with Gasteiger partial charge in [-0.1, -0.05) is 13.0 Å². The molecule has 2 aromatic carbocycles. The van der Waals surface area contributed by atoms with Gasteiger partial charge in [0, 0.05) is 30.9 Å². The highest BCUT2D eigenvalue weighted by Gasteiger charge is 2.31. The van der Waals surface area contributed by atoms with Crippen LogP contribution in [0.1, 0.15) is 18.9 Å². The molecule has 2 atom stereocenters. The third-order valence-corrected chi connectivity index (χ3v) is 6.08. The number of ether oxygens (including phenoxy) is 1. The number of cyclic esters (lactones) is 1. The first-order valence-corrected chi connectivity index (χ1v) is 10.6. The number of fused-ring (bicyclic) bond motifs is 1. The maximum atomic E-state index is 14.9. The van der Waals surface area contributed by atoms with Gasteiger partial charge in [0.05, 0.1) is 12.2 Å². The third kappa shape index (κ3) is 4.00. The summed E-state index contributed by atoms with van der Waals surface area (Å²) in [6, 6.07) is 11.0. The summed E-state index contributed by atoms with van der Waals surface area (Å²) in [6.07, 6.45) is 1.18. The second kappa shape index (κ2) is 8.62. The third-order valence-electron chi connectivity index (χ3n) is 6.08. The minimum Gasteiger partial charge on any atom is -0.443 e. The van der Waals surface area contributed by atoms with Crippen molar-refractivity contribution in [1.29, 1.82) is 0 Å². The van der Waals surface area contributed by atoms with Crippen molar-refractivity contribution < 1.29 is 13.9 Å². The average Bonchev–Trinajstić information content (AvgIpc) is 3.34. The highest BCUT2D eigenvalue weighted by atomic mass is 19.1. The zero-order valence-electron chi connectivity index (χ0n) is 17.3. The van der Waals surface area contributed by atoms with Crippen LogP contribution in [-0.2, 0) is 11.2 Å². The van der Waals surface area contributed by atoms with E-state index in [9.17, 15) is 9.18 Å². The van der Waals surface area contributed by atoms with Crippen LogP contribution in [-0.4, -0.2) is 44.9 Å². The van der Waals surface area contributed by atoms with Gasteiger partial charge in [-0.3, -0.25) is 4.90 Å². The average molecular weight is 413 g/mol. The van der Waals surface area contributed by atoms with E-state index in [2.05, 4.69) is 24.0 Å². The van der Waals surface area contributed by atoms with Gasteiger partial charge in [-0.2, -0.15) is 0 Å². The predicted octanol–water partition coefficient (Wildman–Crippen LogP) is 3.12. The molecule has 0 bridgehead atoms. The highest BCUT2D eigenvalue weighted by Crippen LogP contribution is 2.35. The highest BCUT2D eigenvalue weighted by molar-refractivity contribution is 5.90. The van der Waals surface area contributed by atoms with Gasteiger partial charge in [-0.25, -0.2) is 9.18 Å². The molecule has 0 aliphatic carbocycles. The van der Waals surface area contributed by atoms with Gasteiger partial charge in [0.15, 0.2) is 0 Å². The molecule has 2 aliphatic rings. The number of anilines is 2. The number of hydrogen-bond acceptors (Lipinski definition) is 5. The van der Waals surface area contributed by atoms with E-state index < -0.39 is 6.09 Å². The minimum absolute atomic E-state index is 0.250. The number of halogens is 1. The number of hydrogen-bond donors (Lipinski definition) is 2. The van der Waals surface area contributed by atoms with Crippen molar-refractivity contribution in [2.45, 2.75) is 25.9 Å². The standard InChI is InChI=1S/C23H29FN4O2/c1-15(12-25)6-8-27-9-7-17-10-16(2-5-22(17)27)20-4-3-18(11-21(20)24)28-14-19(13-26)30-23(28)29/h2-5,10-11,15,19H,6-9,12-14,25-26H2,1H3/t15?,19-/m0/s1. The number of carbonyl (C=O) groups excluding carboxylic acids is 1. The summed E-state index contributed by atoms with van der Waals surface area (Å²) < 4.78 is 20.1. The summed E-state index contributed by atoms with van der Waals surface area (Å²) in [5, 5.41) is 0. The fraction of sp³-hybridized carbons (Fsp3) is 0.435. The maximum Gasteiger partial charge on any atom is 0.414 e. The van der Waals surface area contributed by atoms with Crippen molar-refractivity contribution >= 4 is 17.5 Å². The number of nitrogens with zero attached hydrogens (tertiary/aromatic N) is 2. The van der Waals surface area contributed by atoms with Gasteiger partial charge >= 0.3 is 6.09 Å². The Kier molecular flexibility index (Phi) is 5.92. The van der Waals surface area contributed by atoms with Crippen molar-refractivity contribution in [1.82, 2.24) is 0 Å². The number of amides is 1. The Bertz CT molecular complexity index is 935. The van der Waals surface area contributed by atoms with Crippen LogP contribution in [0, 0.1) is 11.7 Å². The molecule has 0 spiro atoms. The minimum atomic E-state index is -0.487. The van der Waals surface area contributed by atoms with Crippen molar-refractivity contribution in [3.05, 3.63) is 47.8 Å². The Morgan fingerprint density at radius 3 is 2.77 bits per heavy atom. The van der Waals surface area contributed by atoms with E-state index in [4.69, 9.17) is 16.2 Å². The first-order valence-electron chi connectivity index (χ1n) is 10.6. The molecule has 2 heterocycles. The lowest BCUT2D eigenvalue weighted by Gasteiger charge is -2.21. The molecule has 1 unspecified atom stereocenters. The van der Waals surface area contributed by atoms with Crippen LogP contribution in [0.4, 0.5) is 20.6 Å². The van der Waals surface area contributed by atoms with Crippen molar-refractivity contribution in [3.63, 3.8) is 0 Å². The molecular weight excluding hydrogens is 383 g/mol. The molecular formula is C23H29FN4O2. The summed E-state index contributed by atoms with van der Waals surface area (Å²) in [5.41, 5.74) is 15.6. The lowest BCUT2D eigenvalue weighted by atomic mass is 10.0. The van der Waals surface area contributed by atoms with E-state index in [1.165, 1.54) is 22.2 Å². The van der Waals surface area contributed by atoms with E-state index in [1.807, 2.05) is 6.07 Å². The molecule has 1 fully saturated rings. The first kappa shape index (κ1) is 20.6. The van der Waals surface area contributed by atoms with E-state index in [0.29, 0.717) is 30.3 Å². The van der Waals surface area contributed by atoms with E-state index in [1.54, 1.807) is 12.1 Å². The van der Waals surface area contributed by atoms with E-state index in [-0.39, 0.29) is 18.5 Å². The molecule has 160 valence electrons. The maximum absolute atomic E-state index is 14.9. The molecule has 4 rings (SSSR count). The second-order valence-electron chi connectivity index (χ2n) is 8.23. The van der Waals surface area contributed by atoms with Gasteiger partial charge in [0.2, 0.25) is 0 Å². The molecule has 0 saturated carbocycles. The summed E-state index contributed by atoms with van der Waals surface area (Å²) in [5.74, 6) is 0.150. The lowest BCUT2D eigenvalue weighted by molar-refractivity contribution is 0.145. The summed E-state index contributed by atoms with van der Waals surface area (Å²) in [4.78, 5) is 15.8. The summed E-state index contributed by atoms with van der Waals surface area (Å²) in [6.45, 7) is 5.44. The molecule has 1 saturated heterocycles. The Morgan fingerprint density at radius 2 is 2.07 bits per heavy atom. The second-order valence-corrected chi connectivity index (χ2v) is 8.23. The summed E-state index contributed by atoms with van der Waals surface area (Å²) >= 11 is 0. The number of rotatable bonds is 7. The molecule has 0 radical (unpaired) electrons. The molecule has 2 aliphatic heterocycles. The van der Waals surface area contributed by atoms with Crippen LogP contribution in [0.15, 0.2) is 36.4 Å². The lowest BCUT2D eigenvalue weighted by Crippen LogP contribution is -2.27. The summed E-state index contributed by atoms with van der Waals surface area (Å²) in [7, 11) is 0. The fourth-order valence-corrected chi connectivity index (χ4v) is 4.13. The zero-order valence-corrected chi connectivity index (χ0v) is 17.3. The fourth-order valence-electron chi connectivity index (χ4n) is 4.13. The molecule has 2 aromatic rings. The molecule has 1 amide bonds. The Hall–Kier alpha value is -2.64. The monoisotopic (exact) mass is 412 g/mol. The van der Waals surface area contributed by atoms with E-state index in [0.717, 1.165) is 31.5 Å². The topological polar surface area (TPSA) is 84.8 Å². The Balaban J connectivity index is 1.52. The van der Waals surface area contributed by atoms with Crippen LogP contribution in [0.5, 0.6) is 0 Å². The van der Waals surface area contributed by atoms with Gasteiger partial charge in [0.25, 0.3) is 0 Å². The zero-order chi connectivity index (χ0) is 21.3. The number of nitrogens with two attached hydrogens (primary N) is 2.